The molecule has 0 bridgehead atoms. The van der Waals surface area contributed by atoms with Gasteiger partial charge in [0.1, 0.15) is 12.1 Å². The number of nitrogens with one attached hydrogen (secondary N) is 1. The Balaban J connectivity index is 2.15. The summed E-state index contributed by atoms with van der Waals surface area (Å²) < 4.78 is 16.6. The molecule has 3 unspecified atom stereocenters. The van der Waals surface area contributed by atoms with Crippen LogP contribution in [0.5, 0.6) is 11.5 Å². The van der Waals surface area contributed by atoms with E-state index in [1.807, 2.05) is 13.8 Å². The maximum absolute atomic E-state index is 12.7. The summed E-state index contributed by atoms with van der Waals surface area (Å²) in [6, 6.07) is 12.2. The third-order valence-corrected chi connectivity index (χ3v) is 6.38. The van der Waals surface area contributed by atoms with Crippen molar-refractivity contribution in [2.75, 3.05) is 6.54 Å². The largest absolute Gasteiger partial charge is 0.480 e. The summed E-state index contributed by atoms with van der Waals surface area (Å²) in [7, 11) is 0. The van der Waals surface area contributed by atoms with Crippen LogP contribution in [0.2, 0.25) is 0 Å². The van der Waals surface area contributed by atoms with Gasteiger partial charge in [-0.15, -0.1) is 0 Å². The number of benzene rings is 2. The number of carbonyl (C=O) groups is 4. The lowest BCUT2D eigenvalue weighted by Crippen LogP contribution is -2.42. The van der Waals surface area contributed by atoms with Crippen LogP contribution in [-0.2, 0) is 25.5 Å². The molecule has 4 atom stereocenters. The highest BCUT2D eigenvalue weighted by atomic mass is 16.6. The third kappa shape index (κ3) is 10.4. The molecular formula is C31H41NO8. The van der Waals surface area contributed by atoms with Gasteiger partial charge in [-0.2, -0.15) is 0 Å². The van der Waals surface area contributed by atoms with Crippen molar-refractivity contribution in [1.29, 1.82) is 0 Å². The van der Waals surface area contributed by atoms with Crippen molar-refractivity contribution in [1.82, 2.24) is 5.32 Å². The number of rotatable bonds is 16. The highest BCUT2D eigenvalue weighted by molar-refractivity contribution is 5.89. The molecule has 0 aliphatic heterocycles. The molecule has 2 rings (SSSR count). The van der Waals surface area contributed by atoms with Crippen LogP contribution in [0.25, 0.3) is 0 Å². The molecule has 0 amide bonds. The molecule has 218 valence electrons. The lowest BCUT2D eigenvalue weighted by atomic mass is 10.0. The van der Waals surface area contributed by atoms with Gasteiger partial charge in [-0.25, -0.2) is 4.79 Å². The zero-order chi connectivity index (χ0) is 29.7. The second kappa shape index (κ2) is 16.4. The van der Waals surface area contributed by atoms with Crippen molar-refractivity contribution < 1.29 is 38.5 Å². The molecular weight excluding hydrogens is 514 g/mol. The third-order valence-electron chi connectivity index (χ3n) is 6.38. The van der Waals surface area contributed by atoms with Gasteiger partial charge in [0, 0.05) is 6.54 Å². The van der Waals surface area contributed by atoms with Crippen molar-refractivity contribution in [3.63, 3.8) is 0 Å². The Morgan fingerprint density at radius 1 is 0.825 bits per heavy atom. The molecule has 0 saturated carbocycles. The van der Waals surface area contributed by atoms with E-state index >= 15 is 0 Å². The van der Waals surface area contributed by atoms with E-state index in [9.17, 15) is 24.3 Å². The molecule has 0 aliphatic carbocycles. The van der Waals surface area contributed by atoms with Crippen LogP contribution in [0.4, 0.5) is 0 Å². The quantitative estimate of drug-likeness (QED) is 0.212. The second-order valence-corrected chi connectivity index (χ2v) is 10.1. The van der Waals surface area contributed by atoms with Gasteiger partial charge in [0.2, 0.25) is 0 Å². The molecule has 0 aromatic heterocycles. The fourth-order valence-corrected chi connectivity index (χ4v) is 4.02. The van der Waals surface area contributed by atoms with Crippen molar-refractivity contribution in [2.45, 2.75) is 78.9 Å². The highest BCUT2D eigenvalue weighted by Gasteiger charge is 2.24. The van der Waals surface area contributed by atoms with Crippen LogP contribution < -0.4 is 14.8 Å². The second-order valence-electron chi connectivity index (χ2n) is 10.1. The highest BCUT2D eigenvalue weighted by Crippen LogP contribution is 2.31. The van der Waals surface area contributed by atoms with Crippen LogP contribution in [0.3, 0.4) is 0 Å². The number of carboxylic acids is 1. The first-order chi connectivity index (χ1) is 19.0. The number of hydrogen-bond acceptors (Lipinski definition) is 8. The van der Waals surface area contributed by atoms with E-state index in [1.54, 1.807) is 57.2 Å². The van der Waals surface area contributed by atoms with Gasteiger partial charge in [-0.3, -0.25) is 14.4 Å². The zero-order valence-corrected chi connectivity index (χ0v) is 24.0. The average Bonchev–Trinajstić information content (AvgIpc) is 2.92. The number of aliphatic carboxylic acids is 1. The Morgan fingerprint density at radius 3 is 1.95 bits per heavy atom. The van der Waals surface area contributed by atoms with Gasteiger partial charge in [-0.05, 0) is 56.0 Å². The van der Waals surface area contributed by atoms with E-state index in [0.717, 1.165) is 12.8 Å². The van der Waals surface area contributed by atoms with Crippen molar-refractivity contribution in [3.05, 3.63) is 59.7 Å². The predicted octanol–water partition coefficient (Wildman–Crippen LogP) is 5.20. The van der Waals surface area contributed by atoms with Gasteiger partial charge in [-0.1, -0.05) is 64.8 Å². The summed E-state index contributed by atoms with van der Waals surface area (Å²) in [5, 5.41) is 12.7. The van der Waals surface area contributed by atoms with Crippen LogP contribution in [0.15, 0.2) is 48.5 Å². The smallest absolute Gasteiger partial charge is 0.338 e. The first kappa shape index (κ1) is 32.5. The van der Waals surface area contributed by atoms with E-state index in [4.69, 9.17) is 14.2 Å². The summed E-state index contributed by atoms with van der Waals surface area (Å²) in [4.78, 5) is 49.5. The molecule has 0 saturated heterocycles. The molecule has 2 aromatic rings. The maximum Gasteiger partial charge on any atom is 0.338 e. The molecule has 0 radical (unpaired) electrons. The van der Waals surface area contributed by atoms with E-state index in [0.29, 0.717) is 24.0 Å². The first-order valence-electron chi connectivity index (χ1n) is 13.8. The Kier molecular flexibility index (Phi) is 13.3. The lowest BCUT2D eigenvalue weighted by molar-refractivity contribution is -0.141. The Hall–Kier alpha value is -3.72. The molecule has 0 heterocycles. The number of carbonyl (C=O) groups excluding carboxylic acids is 3. The number of carboxylic acid groups (broad SMARTS) is 1. The van der Waals surface area contributed by atoms with Crippen LogP contribution in [0.1, 0.15) is 76.2 Å². The Labute approximate surface area is 236 Å². The van der Waals surface area contributed by atoms with Crippen molar-refractivity contribution >= 4 is 23.9 Å². The first-order valence-corrected chi connectivity index (χ1v) is 13.8. The molecule has 2 N–H and O–H groups in total. The normalized spacial score (nSPS) is 13.9. The summed E-state index contributed by atoms with van der Waals surface area (Å²) >= 11 is 0. The van der Waals surface area contributed by atoms with E-state index in [1.165, 1.54) is 12.1 Å². The molecule has 0 fully saturated rings. The number of ether oxygens (including phenoxy) is 3. The molecule has 9 heteroatoms. The molecule has 0 aliphatic rings. The van der Waals surface area contributed by atoms with Crippen LogP contribution in [-0.4, -0.2) is 47.7 Å². The Morgan fingerprint density at radius 2 is 1.40 bits per heavy atom. The minimum atomic E-state index is -1.10. The van der Waals surface area contributed by atoms with Crippen LogP contribution in [0, 0.1) is 11.8 Å². The SMILES string of the molecule is CCCC(C)C(=O)Oc1ccc(C[C@H](NCC(C)OC(=O)c2ccccc2)C(=O)O)cc1OC(=O)C(C)CCC. The summed E-state index contributed by atoms with van der Waals surface area (Å²) in [5.74, 6) is -3.00. The fraction of sp³-hybridized carbons (Fsp3) is 0.484. The van der Waals surface area contributed by atoms with Gasteiger partial charge in [0.15, 0.2) is 11.5 Å². The number of esters is 3. The summed E-state index contributed by atoms with van der Waals surface area (Å²) in [6.07, 6.45) is 2.38. The average molecular weight is 556 g/mol. The Bertz CT molecular complexity index is 1130. The fourth-order valence-electron chi connectivity index (χ4n) is 4.02. The summed E-state index contributed by atoms with van der Waals surface area (Å²) in [5.41, 5.74) is 0.963. The summed E-state index contributed by atoms with van der Waals surface area (Å²) in [6.45, 7) is 9.26. The predicted molar refractivity (Wildman–Crippen MR) is 150 cm³/mol. The van der Waals surface area contributed by atoms with E-state index < -0.39 is 36.0 Å². The molecule has 0 spiro atoms. The van der Waals surface area contributed by atoms with E-state index in [2.05, 4.69) is 5.32 Å². The van der Waals surface area contributed by atoms with Gasteiger partial charge < -0.3 is 24.6 Å². The van der Waals surface area contributed by atoms with Gasteiger partial charge in [0.05, 0.1) is 17.4 Å². The van der Waals surface area contributed by atoms with E-state index in [-0.39, 0.29) is 36.3 Å². The molecule has 2 aromatic carbocycles. The minimum Gasteiger partial charge on any atom is -0.480 e. The molecule has 40 heavy (non-hydrogen) atoms. The standard InChI is InChI=1S/C31H41NO8/c1-6-11-20(3)29(35)39-26-16-15-23(18-27(26)40-30(36)21(4)12-7-2)17-25(28(33)34)32-19-22(5)38-31(37)24-13-9-8-10-14-24/h8-10,13-16,18,20-22,25,32H,6-7,11-12,17,19H2,1-5H3,(H,33,34)/t20?,21?,22?,25-/m0/s1. The number of hydrogen-bond donors (Lipinski definition) is 2. The van der Waals surface area contributed by atoms with Gasteiger partial charge >= 0.3 is 23.9 Å². The maximum atomic E-state index is 12.7. The van der Waals surface area contributed by atoms with Crippen molar-refractivity contribution in [2.24, 2.45) is 11.8 Å². The van der Waals surface area contributed by atoms with Crippen molar-refractivity contribution in [3.8, 4) is 11.5 Å². The topological polar surface area (TPSA) is 128 Å². The monoisotopic (exact) mass is 555 g/mol. The zero-order valence-electron chi connectivity index (χ0n) is 24.0. The lowest BCUT2D eigenvalue weighted by Gasteiger charge is -2.20. The van der Waals surface area contributed by atoms with Gasteiger partial charge in [0.25, 0.3) is 0 Å². The molecule has 9 nitrogen and oxygen atoms in total. The minimum absolute atomic E-state index is 0.0458. The van der Waals surface area contributed by atoms with Crippen LogP contribution >= 0.6 is 0 Å².